The van der Waals surface area contributed by atoms with Crippen LogP contribution in [-0.4, -0.2) is 30.0 Å². The summed E-state index contributed by atoms with van der Waals surface area (Å²) in [5.74, 6) is -0.426. The van der Waals surface area contributed by atoms with E-state index >= 15 is 0 Å². The number of benzene rings is 2. The zero-order valence-corrected chi connectivity index (χ0v) is 17.7. The molecule has 29 heavy (non-hydrogen) atoms. The van der Waals surface area contributed by atoms with Crippen molar-refractivity contribution in [3.05, 3.63) is 65.3 Å². The summed E-state index contributed by atoms with van der Waals surface area (Å²) in [6.45, 7) is 1.86. The Hall–Kier alpha value is -2.62. The highest BCUT2D eigenvalue weighted by Crippen LogP contribution is 2.26. The van der Waals surface area contributed by atoms with Gasteiger partial charge in [0.05, 0.1) is 16.8 Å². The van der Waals surface area contributed by atoms with Crippen LogP contribution in [0, 0.1) is 6.92 Å². The molecule has 0 unspecified atom stereocenters. The van der Waals surface area contributed by atoms with Gasteiger partial charge in [0.15, 0.2) is 5.16 Å². The van der Waals surface area contributed by atoms with Crippen LogP contribution in [0.4, 0.5) is 11.5 Å². The number of sulfone groups is 1. The fraction of sp³-hybridized carbons (Fsp3) is 0.105. The monoisotopic (exact) mass is 448 g/mol. The van der Waals surface area contributed by atoms with Crippen LogP contribution in [0.5, 0.6) is 0 Å². The highest BCUT2D eigenvalue weighted by molar-refractivity contribution is 7.99. The Bertz CT molecular complexity index is 1150. The van der Waals surface area contributed by atoms with Crippen molar-refractivity contribution >= 4 is 50.6 Å². The van der Waals surface area contributed by atoms with Crippen molar-refractivity contribution in [2.45, 2.75) is 21.9 Å². The minimum absolute atomic E-state index is 0.0238. The molecule has 7 nitrogen and oxygen atoms in total. The number of hydrogen-bond donors (Lipinski definition) is 2. The molecule has 0 spiro atoms. The number of carbonyl (C=O) groups excluding carboxylic acids is 1. The van der Waals surface area contributed by atoms with E-state index in [-0.39, 0.29) is 32.4 Å². The van der Waals surface area contributed by atoms with E-state index in [1.807, 2.05) is 6.92 Å². The van der Waals surface area contributed by atoms with Gasteiger partial charge < -0.3 is 11.1 Å². The average Bonchev–Trinajstić information content (AvgIpc) is 2.66. The van der Waals surface area contributed by atoms with Gasteiger partial charge in [0.1, 0.15) is 10.7 Å². The van der Waals surface area contributed by atoms with Gasteiger partial charge in [0, 0.05) is 10.7 Å². The second kappa shape index (κ2) is 8.81. The van der Waals surface area contributed by atoms with E-state index in [1.165, 1.54) is 12.1 Å². The Kier molecular flexibility index (Phi) is 6.41. The van der Waals surface area contributed by atoms with Gasteiger partial charge in [-0.15, -0.1) is 0 Å². The number of nitrogens with one attached hydrogen (secondary N) is 1. The molecule has 1 aromatic heterocycles. The molecule has 0 saturated heterocycles. The molecule has 0 aliphatic heterocycles. The van der Waals surface area contributed by atoms with Crippen molar-refractivity contribution in [3.8, 4) is 0 Å². The van der Waals surface area contributed by atoms with E-state index in [4.69, 9.17) is 17.3 Å². The molecule has 150 valence electrons. The summed E-state index contributed by atoms with van der Waals surface area (Å²) in [7, 11) is -3.83. The molecule has 1 amide bonds. The molecule has 3 rings (SSSR count). The molecule has 2 aromatic carbocycles. The van der Waals surface area contributed by atoms with Crippen LogP contribution in [-0.2, 0) is 14.6 Å². The smallest absolute Gasteiger partial charge is 0.234 e. The molecule has 0 aliphatic carbocycles. The normalized spacial score (nSPS) is 11.2. The predicted octanol–water partition coefficient (Wildman–Crippen LogP) is 3.58. The van der Waals surface area contributed by atoms with Crippen molar-refractivity contribution in [1.29, 1.82) is 0 Å². The predicted molar refractivity (Wildman–Crippen MR) is 114 cm³/mol. The van der Waals surface area contributed by atoms with Crippen LogP contribution in [0.2, 0.25) is 5.02 Å². The van der Waals surface area contributed by atoms with Crippen molar-refractivity contribution in [2.75, 3.05) is 16.8 Å². The molecule has 0 saturated carbocycles. The first-order chi connectivity index (χ1) is 13.8. The van der Waals surface area contributed by atoms with Crippen LogP contribution in [0.15, 0.2) is 69.7 Å². The minimum Gasteiger partial charge on any atom is -0.382 e. The van der Waals surface area contributed by atoms with Gasteiger partial charge in [-0.25, -0.2) is 18.4 Å². The van der Waals surface area contributed by atoms with Gasteiger partial charge in [-0.05, 0) is 37.3 Å². The largest absolute Gasteiger partial charge is 0.382 e. The van der Waals surface area contributed by atoms with E-state index in [9.17, 15) is 13.2 Å². The molecular formula is C19H17ClN4O3S2. The Morgan fingerprint density at radius 3 is 2.59 bits per heavy atom. The van der Waals surface area contributed by atoms with Crippen LogP contribution in [0.1, 0.15) is 5.56 Å². The number of carbonyl (C=O) groups is 1. The maximum Gasteiger partial charge on any atom is 0.234 e. The SMILES string of the molecule is Cc1ccc(S(=O)(=O)c2cnc(SCC(=O)Nc3cccc(Cl)c3)nc2N)cc1. The standard InChI is InChI=1S/C19H17ClN4O3S2/c1-12-5-7-15(8-6-12)29(26,27)16-10-22-19(24-18(16)21)28-11-17(25)23-14-4-2-3-13(20)9-14/h2-10H,11H2,1H3,(H,23,25)(H2,21,22,24). The van der Waals surface area contributed by atoms with Crippen LogP contribution in [0.3, 0.4) is 0 Å². The number of hydrogen-bond acceptors (Lipinski definition) is 7. The number of amides is 1. The molecule has 3 N–H and O–H groups in total. The number of halogens is 1. The van der Waals surface area contributed by atoms with Gasteiger partial charge in [0.2, 0.25) is 15.7 Å². The van der Waals surface area contributed by atoms with Crippen molar-refractivity contribution in [3.63, 3.8) is 0 Å². The highest BCUT2D eigenvalue weighted by Gasteiger charge is 2.22. The van der Waals surface area contributed by atoms with E-state index in [0.717, 1.165) is 23.5 Å². The number of nitrogen functional groups attached to an aromatic ring is 1. The minimum atomic E-state index is -3.83. The molecule has 0 atom stereocenters. The second-order valence-electron chi connectivity index (χ2n) is 6.07. The van der Waals surface area contributed by atoms with Crippen LogP contribution in [0.25, 0.3) is 0 Å². The Labute approximate surface area is 177 Å². The number of thioether (sulfide) groups is 1. The van der Waals surface area contributed by atoms with E-state index < -0.39 is 9.84 Å². The zero-order valence-electron chi connectivity index (χ0n) is 15.3. The van der Waals surface area contributed by atoms with Gasteiger partial charge in [-0.1, -0.05) is 47.1 Å². The second-order valence-corrected chi connectivity index (χ2v) is 9.36. The first-order valence-corrected chi connectivity index (χ1v) is 11.2. The number of aryl methyl sites for hydroxylation is 1. The molecule has 0 bridgehead atoms. The van der Waals surface area contributed by atoms with Crippen LogP contribution >= 0.6 is 23.4 Å². The summed E-state index contributed by atoms with van der Waals surface area (Å²) >= 11 is 6.92. The third-order valence-corrected chi connectivity index (χ3v) is 6.71. The van der Waals surface area contributed by atoms with Gasteiger partial charge in [-0.2, -0.15) is 0 Å². The quantitative estimate of drug-likeness (QED) is 0.437. The van der Waals surface area contributed by atoms with Crippen molar-refractivity contribution in [1.82, 2.24) is 9.97 Å². The molecular weight excluding hydrogens is 432 g/mol. The zero-order chi connectivity index (χ0) is 21.0. The average molecular weight is 449 g/mol. The summed E-state index contributed by atoms with van der Waals surface area (Å²) in [6, 6.07) is 13.2. The molecule has 10 heteroatoms. The molecule has 0 aliphatic rings. The summed E-state index contributed by atoms with van der Waals surface area (Å²) in [6.07, 6.45) is 1.16. The molecule has 1 heterocycles. The lowest BCUT2D eigenvalue weighted by Crippen LogP contribution is -2.14. The Morgan fingerprint density at radius 1 is 1.21 bits per heavy atom. The third-order valence-electron chi connectivity index (χ3n) is 3.82. The van der Waals surface area contributed by atoms with Crippen molar-refractivity contribution in [2.24, 2.45) is 0 Å². The first kappa shape index (κ1) is 21.1. The number of nitrogens with two attached hydrogens (primary N) is 1. The van der Waals surface area contributed by atoms with E-state index in [0.29, 0.717) is 10.7 Å². The summed E-state index contributed by atoms with van der Waals surface area (Å²) < 4.78 is 25.5. The van der Waals surface area contributed by atoms with E-state index in [1.54, 1.807) is 36.4 Å². The van der Waals surface area contributed by atoms with Crippen LogP contribution < -0.4 is 11.1 Å². The Morgan fingerprint density at radius 2 is 1.93 bits per heavy atom. The fourth-order valence-corrected chi connectivity index (χ4v) is 4.45. The summed E-state index contributed by atoms with van der Waals surface area (Å²) in [5, 5.41) is 3.41. The lowest BCUT2D eigenvalue weighted by atomic mass is 10.2. The summed E-state index contributed by atoms with van der Waals surface area (Å²) in [4.78, 5) is 20.1. The molecule has 0 radical (unpaired) electrons. The lowest BCUT2D eigenvalue weighted by molar-refractivity contribution is -0.113. The van der Waals surface area contributed by atoms with Gasteiger partial charge in [-0.3, -0.25) is 4.79 Å². The van der Waals surface area contributed by atoms with E-state index in [2.05, 4.69) is 15.3 Å². The van der Waals surface area contributed by atoms with Crippen molar-refractivity contribution < 1.29 is 13.2 Å². The van der Waals surface area contributed by atoms with Gasteiger partial charge >= 0.3 is 0 Å². The first-order valence-electron chi connectivity index (χ1n) is 8.38. The maximum atomic E-state index is 12.7. The number of anilines is 2. The summed E-state index contributed by atoms with van der Waals surface area (Å²) in [5.41, 5.74) is 7.38. The molecule has 3 aromatic rings. The van der Waals surface area contributed by atoms with Gasteiger partial charge in [0.25, 0.3) is 0 Å². The molecule has 0 fully saturated rings. The number of rotatable bonds is 6. The Balaban J connectivity index is 1.69. The maximum absolute atomic E-state index is 12.7. The highest BCUT2D eigenvalue weighted by atomic mass is 35.5. The topological polar surface area (TPSA) is 115 Å². The third kappa shape index (κ3) is 5.26. The number of aromatic nitrogens is 2. The fourth-order valence-electron chi connectivity index (χ4n) is 2.38. The number of nitrogens with zero attached hydrogens (tertiary/aromatic N) is 2. The lowest BCUT2D eigenvalue weighted by Gasteiger charge is -2.08.